The summed E-state index contributed by atoms with van der Waals surface area (Å²) in [6.45, 7) is 4.56. The molecule has 1 heterocycles. The number of alkyl halides is 1. The number of rotatable bonds is 2. The first kappa shape index (κ1) is 10.5. The van der Waals surface area contributed by atoms with Crippen molar-refractivity contribution in [3.05, 3.63) is 0 Å². The molecule has 1 amide bonds. The maximum absolute atomic E-state index is 13.6. The SMILES string of the molecule is CCC(C)(F)C(=O)N1CCCCC1. The zero-order chi connectivity index (χ0) is 9.90. The Hall–Kier alpha value is -0.600. The standard InChI is InChI=1S/C10H18FNO/c1-3-10(2,11)9(13)12-7-5-4-6-8-12/h3-8H2,1-2H3. The van der Waals surface area contributed by atoms with Crippen molar-refractivity contribution in [2.45, 2.75) is 45.2 Å². The Kier molecular flexibility index (Phi) is 3.28. The highest BCUT2D eigenvalue weighted by Gasteiger charge is 2.35. The van der Waals surface area contributed by atoms with Crippen LogP contribution in [0.3, 0.4) is 0 Å². The molecule has 1 saturated heterocycles. The molecule has 0 aromatic heterocycles. The molecule has 0 spiro atoms. The van der Waals surface area contributed by atoms with E-state index in [2.05, 4.69) is 0 Å². The number of hydrogen-bond acceptors (Lipinski definition) is 1. The van der Waals surface area contributed by atoms with Gasteiger partial charge in [-0.2, -0.15) is 0 Å². The third-order valence-corrected chi connectivity index (χ3v) is 2.75. The van der Waals surface area contributed by atoms with Gasteiger partial charge < -0.3 is 4.90 Å². The van der Waals surface area contributed by atoms with Gasteiger partial charge in [-0.05, 0) is 32.6 Å². The second-order valence-corrected chi connectivity index (χ2v) is 3.90. The molecule has 0 saturated carbocycles. The molecule has 2 nitrogen and oxygen atoms in total. The summed E-state index contributed by atoms with van der Waals surface area (Å²) in [5, 5.41) is 0. The largest absolute Gasteiger partial charge is 0.340 e. The molecule has 1 atom stereocenters. The van der Waals surface area contributed by atoms with Gasteiger partial charge in [0, 0.05) is 13.1 Å². The fourth-order valence-corrected chi connectivity index (χ4v) is 1.58. The lowest BCUT2D eigenvalue weighted by Gasteiger charge is -2.31. The number of likely N-dealkylation sites (tertiary alicyclic amines) is 1. The van der Waals surface area contributed by atoms with E-state index < -0.39 is 5.67 Å². The Morgan fingerprint density at radius 1 is 1.38 bits per heavy atom. The van der Waals surface area contributed by atoms with Crippen LogP contribution in [0.1, 0.15) is 39.5 Å². The molecule has 0 N–H and O–H groups in total. The van der Waals surface area contributed by atoms with Gasteiger partial charge in [-0.25, -0.2) is 4.39 Å². The lowest BCUT2D eigenvalue weighted by atomic mass is 10.0. The Balaban J connectivity index is 2.55. The molecule has 1 rings (SSSR count). The van der Waals surface area contributed by atoms with Crippen molar-refractivity contribution in [3.63, 3.8) is 0 Å². The highest BCUT2D eigenvalue weighted by atomic mass is 19.1. The van der Waals surface area contributed by atoms with E-state index >= 15 is 0 Å². The zero-order valence-corrected chi connectivity index (χ0v) is 8.48. The highest BCUT2D eigenvalue weighted by Crippen LogP contribution is 2.21. The van der Waals surface area contributed by atoms with Gasteiger partial charge in [0.2, 0.25) is 0 Å². The molecular formula is C10H18FNO. The Morgan fingerprint density at radius 2 is 1.92 bits per heavy atom. The van der Waals surface area contributed by atoms with Crippen molar-refractivity contribution in [1.29, 1.82) is 0 Å². The van der Waals surface area contributed by atoms with Gasteiger partial charge in [-0.1, -0.05) is 6.92 Å². The minimum atomic E-state index is -1.66. The van der Waals surface area contributed by atoms with E-state index in [1.54, 1.807) is 11.8 Å². The molecule has 1 aliphatic heterocycles. The summed E-state index contributed by atoms with van der Waals surface area (Å²) in [4.78, 5) is 13.3. The summed E-state index contributed by atoms with van der Waals surface area (Å²) < 4.78 is 13.6. The van der Waals surface area contributed by atoms with Crippen LogP contribution in [0, 0.1) is 0 Å². The summed E-state index contributed by atoms with van der Waals surface area (Å²) in [7, 11) is 0. The molecular weight excluding hydrogens is 169 g/mol. The van der Waals surface area contributed by atoms with E-state index in [1.807, 2.05) is 0 Å². The lowest BCUT2D eigenvalue weighted by Crippen LogP contribution is -2.46. The van der Waals surface area contributed by atoms with E-state index in [4.69, 9.17) is 0 Å². The van der Waals surface area contributed by atoms with Crippen molar-refractivity contribution >= 4 is 5.91 Å². The summed E-state index contributed by atoms with van der Waals surface area (Å²) in [5.74, 6) is -0.324. The second-order valence-electron chi connectivity index (χ2n) is 3.90. The number of nitrogens with zero attached hydrogens (tertiary/aromatic N) is 1. The summed E-state index contributed by atoms with van der Waals surface area (Å²) in [6.07, 6.45) is 3.47. The summed E-state index contributed by atoms with van der Waals surface area (Å²) in [5.41, 5.74) is -1.66. The number of carbonyl (C=O) groups is 1. The van der Waals surface area contributed by atoms with E-state index in [9.17, 15) is 9.18 Å². The molecule has 1 fully saturated rings. The molecule has 3 heteroatoms. The molecule has 76 valence electrons. The third-order valence-electron chi connectivity index (χ3n) is 2.75. The molecule has 0 bridgehead atoms. The monoisotopic (exact) mass is 187 g/mol. The number of halogens is 1. The molecule has 0 aliphatic carbocycles. The average Bonchev–Trinajstić information content (AvgIpc) is 2.18. The maximum Gasteiger partial charge on any atom is 0.259 e. The van der Waals surface area contributed by atoms with Crippen molar-refractivity contribution in [1.82, 2.24) is 4.90 Å². The first-order valence-electron chi connectivity index (χ1n) is 5.06. The molecule has 0 aromatic rings. The van der Waals surface area contributed by atoms with Gasteiger partial charge in [0.05, 0.1) is 0 Å². The molecule has 1 unspecified atom stereocenters. The van der Waals surface area contributed by atoms with Crippen LogP contribution in [0.4, 0.5) is 4.39 Å². The van der Waals surface area contributed by atoms with Crippen LogP contribution < -0.4 is 0 Å². The van der Waals surface area contributed by atoms with Crippen molar-refractivity contribution in [2.75, 3.05) is 13.1 Å². The Morgan fingerprint density at radius 3 is 2.38 bits per heavy atom. The van der Waals surface area contributed by atoms with Gasteiger partial charge in [0.25, 0.3) is 5.91 Å². The van der Waals surface area contributed by atoms with Gasteiger partial charge in [-0.3, -0.25) is 4.79 Å². The zero-order valence-electron chi connectivity index (χ0n) is 8.48. The number of piperidine rings is 1. The summed E-state index contributed by atoms with van der Waals surface area (Å²) in [6, 6.07) is 0. The lowest BCUT2D eigenvalue weighted by molar-refractivity contribution is -0.144. The third kappa shape index (κ3) is 2.42. The topological polar surface area (TPSA) is 20.3 Å². The van der Waals surface area contributed by atoms with E-state index in [0.29, 0.717) is 0 Å². The van der Waals surface area contributed by atoms with E-state index in [0.717, 1.165) is 25.9 Å². The Labute approximate surface area is 79.1 Å². The van der Waals surface area contributed by atoms with E-state index in [1.165, 1.54) is 13.3 Å². The van der Waals surface area contributed by atoms with Crippen LogP contribution in [0.25, 0.3) is 0 Å². The number of hydrogen-bond donors (Lipinski definition) is 0. The smallest absolute Gasteiger partial charge is 0.259 e. The van der Waals surface area contributed by atoms with E-state index in [-0.39, 0.29) is 12.3 Å². The van der Waals surface area contributed by atoms with Crippen LogP contribution in [-0.4, -0.2) is 29.6 Å². The molecule has 0 aromatic carbocycles. The molecule has 1 aliphatic rings. The second kappa shape index (κ2) is 4.07. The fourth-order valence-electron chi connectivity index (χ4n) is 1.58. The van der Waals surface area contributed by atoms with Gasteiger partial charge >= 0.3 is 0 Å². The molecule has 0 radical (unpaired) electrons. The average molecular weight is 187 g/mol. The van der Waals surface area contributed by atoms with Gasteiger partial charge in [0.15, 0.2) is 5.67 Å². The minimum Gasteiger partial charge on any atom is -0.340 e. The van der Waals surface area contributed by atoms with Crippen LogP contribution >= 0.6 is 0 Å². The van der Waals surface area contributed by atoms with Crippen LogP contribution in [-0.2, 0) is 4.79 Å². The minimum absolute atomic E-state index is 0.266. The number of carbonyl (C=O) groups excluding carboxylic acids is 1. The van der Waals surface area contributed by atoms with Crippen molar-refractivity contribution in [3.8, 4) is 0 Å². The first-order chi connectivity index (χ1) is 6.08. The van der Waals surface area contributed by atoms with Crippen LogP contribution in [0.2, 0.25) is 0 Å². The quantitative estimate of drug-likeness (QED) is 0.648. The predicted molar refractivity (Wildman–Crippen MR) is 50.2 cm³/mol. The normalized spacial score (nSPS) is 22.5. The highest BCUT2D eigenvalue weighted by molar-refractivity contribution is 5.84. The fraction of sp³-hybridized carbons (Fsp3) is 0.900. The van der Waals surface area contributed by atoms with Crippen LogP contribution in [0.5, 0.6) is 0 Å². The van der Waals surface area contributed by atoms with Gasteiger partial charge in [-0.15, -0.1) is 0 Å². The molecule has 13 heavy (non-hydrogen) atoms. The maximum atomic E-state index is 13.6. The van der Waals surface area contributed by atoms with Crippen molar-refractivity contribution in [2.24, 2.45) is 0 Å². The van der Waals surface area contributed by atoms with Crippen molar-refractivity contribution < 1.29 is 9.18 Å². The number of amides is 1. The van der Waals surface area contributed by atoms with Gasteiger partial charge in [0.1, 0.15) is 0 Å². The predicted octanol–water partition coefficient (Wildman–Crippen LogP) is 2.14. The Bertz CT molecular complexity index is 185. The van der Waals surface area contributed by atoms with Crippen LogP contribution in [0.15, 0.2) is 0 Å². The summed E-state index contributed by atoms with van der Waals surface area (Å²) >= 11 is 0. The first-order valence-corrected chi connectivity index (χ1v) is 5.06.